The normalized spacial score (nSPS) is 15.7. The number of carbonyl (C=O) groups excluding carboxylic acids is 4. The zero-order valence-corrected chi connectivity index (χ0v) is 40.2. The van der Waals surface area contributed by atoms with Gasteiger partial charge in [0, 0.05) is 18.1 Å². The van der Waals surface area contributed by atoms with E-state index in [1.807, 2.05) is 198 Å². The van der Waals surface area contributed by atoms with Crippen molar-refractivity contribution in [3.05, 3.63) is 217 Å². The summed E-state index contributed by atoms with van der Waals surface area (Å²) >= 11 is 0. The fourth-order valence-corrected chi connectivity index (χ4v) is 11.0. The summed E-state index contributed by atoms with van der Waals surface area (Å²) in [6, 6.07) is 56.4. The van der Waals surface area contributed by atoms with Crippen molar-refractivity contribution >= 4 is 72.4 Å². The monoisotopic (exact) mass is 936 g/mol. The van der Waals surface area contributed by atoms with Crippen LogP contribution < -0.4 is 26.2 Å². The van der Waals surface area contributed by atoms with Gasteiger partial charge in [0.25, 0.3) is 23.6 Å². The Kier molecular flexibility index (Phi) is 12.5. The van der Waals surface area contributed by atoms with Gasteiger partial charge in [-0.05, 0) is 118 Å². The van der Waals surface area contributed by atoms with Crippen molar-refractivity contribution in [3.63, 3.8) is 0 Å². The van der Waals surface area contributed by atoms with Crippen LogP contribution in [0, 0.1) is 0 Å². The average Bonchev–Trinajstić information content (AvgIpc) is 3.79. The van der Waals surface area contributed by atoms with Crippen LogP contribution in [0.4, 0.5) is 5.69 Å². The lowest BCUT2D eigenvalue weighted by atomic mass is 9.90. The molecule has 9 aromatic rings. The van der Waals surface area contributed by atoms with E-state index in [2.05, 4.69) is 26.3 Å². The Hall–Kier alpha value is -8.37. The number of aromatic nitrogens is 1. The van der Waals surface area contributed by atoms with Crippen molar-refractivity contribution in [1.29, 1.82) is 0 Å². The molecule has 4 amide bonds. The number of nitrogens with zero attached hydrogens (tertiary/aromatic N) is 2. The lowest BCUT2D eigenvalue weighted by molar-refractivity contribution is -0.139. The first kappa shape index (κ1) is 46.4. The molecule has 71 heavy (non-hydrogen) atoms. The highest BCUT2D eigenvalue weighted by Gasteiger charge is 2.69. The summed E-state index contributed by atoms with van der Waals surface area (Å²) < 4.78 is 0. The Bertz CT molecular complexity index is 3060. The highest BCUT2D eigenvalue weighted by molar-refractivity contribution is 6.22. The first-order valence-corrected chi connectivity index (χ1v) is 24.4. The van der Waals surface area contributed by atoms with Gasteiger partial charge < -0.3 is 26.2 Å². The van der Waals surface area contributed by atoms with Crippen LogP contribution >= 0.6 is 0 Å². The SMILES string of the molecule is C[C@@H](NC(=O)C1(C(=O)N[C@H](C)c2cccc3ccccc23)CCC(C(=O)N[C@H](C)c2cccc3ccccc23)(C(=O)N[C@H](C)c2cccc3ccccc23)N1c1ccncc1)c1cccc2ccccc12. The number of fused-ring (bicyclic) bond motifs is 4. The van der Waals surface area contributed by atoms with Crippen molar-refractivity contribution in [2.45, 2.75) is 75.8 Å². The molecule has 0 bridgehead atoms. The van der Waals surface area contributed by atoms with E-state index in [-0.39, 0.29) is 12.8 Å². The van der Waals surface area contributed by atoms with Gasteiger partial charge >= 0.3 is 0 Å². The van der Waals surface area contributed by atoms with Gasteiger partial charge in [-0.15, -0.1) is 0 Å². The summed E-state index contributed by atoms with van der Waals surface area (Å²) in [5, 5.41) is 20.8. The topological polar surface area (TPSA) is 133 Å². The van der Waals surface area contributed by atoms with E-state index >= 15 is 19.2 Å². The van der Waals surface area contributed by atoms with E-state index in [4.69, 9.17) is 0 Å². The summed E-state index contributed by atoms with van der Waals surface area (Å²) in [7, 11) is 0. The third-order valence-electron chi connectivity index (χ3n) is 14.6. The lowest BCUT2D eigenvalue weighted by Crippen LogP contribution is -2.74. The van der Waals surface area contributed by atoms with Crippen LogP contribution in [0.15, 0.2) is 194 Å². The molecular weight excluding hydrogens is 881 g/mol. The van der Waals surface area contributed by atoms with Gasteiger partial charge in [-0.2, -0.15) is 0 Å². The molecule has 8 aromatic carbocycles. The highest BCUT2D eigenvalue weighted by Crippen LogP contribution is 2.47. The summed E-state index contributed by atoms with van der Waals surface area (Å²) in [5.74, 6) is -2.65. The number of hydrogen-bond donors (Lipinski definition) is 4. The molecule has 2 heterocycles. The molecule has 1 fully saturated rings. The maximum absolute atomic E-state index is 16.1. The molecule has 10 nitrogen and oxygen atoms in total. The van der Waals surface area contributed by atoms with Gasteiger partial charge in [-0.3, -0.25) is 24.2 Å². The number of anilines is 1. The maximum atomic E-state index is 16.1. The number of hydrogen-bond acceptors (Lipinski definition) is 6. The number of rotatable bonds is 13. The quantitative estimate of drug-likeness (QED) is 0.0851. The number of benzene rings is 8. The van der Waals surface area contributed by atoms with E-state index in [0.717, 1.165) is 65.3 Å². The number of nitrogens with one attached hydrogen (secondary N) is 4. The van der Waals surface area contributed by atoms with Crippen LogP contribution in [0.3, 0.4) is 0 Å². The molecule has 10 rings (SSSR count). The number of pyridine rings is 1. The molecule has 0 saturated carbocycles. The summed E-state index contributed by atoms with van der Waals surface area (Å²) in [4.78, 5) is 70.1. The molecule has 1 aliphatic heterocycles. The van der Waals surface area contributed by atoms with E-state index in [1.165, 1.54) is 4.90 Å². The van der Waals surface area contributed by atoms with Crippen molar-refractivity contribution in [1.82, 2.24) is 26.3 Å². The summed E-state index contributed by atoms with van der Waals surface area (Å²) in [6.07, 6.45) is 2.68. The molecular formula is C61H56N6O4. The maximum Gasteiger partial charge on any atom is 0.256 e. The Morgan fingerprint density at radius 3 is 0.915 bits per heavy atom. The highest BCUT2D eigenvalue weighted by atomic mass is 16.2. The van der Waals surface area contributed by atoms with Crippen molar-refractivity contribution < 1.29 is 19.2 Å². The second kappa shape index (κ2) is 19.2. The van der Waals surface area contributed by atoms with Gasteiger partial charge in [0.15, 0.2) is 11.1 Å². The zero-order chi connectivity index (χ0) is 49.3. The van der Waals surface area contributed by atoms with Crippen LogP contribution in [-0.2, 0) is 19.2 Å². The average molecular weight is 937 g/mol. The fraction of sp³-hybridized carbons (Fsp3) is 0.197. The third-order valence-corrected chi connectivity index (χ3v) is 14.6. The molecule has 1 aliphatic rings. The summed E-state index contributed by atoms with van der Waals surface area (Å²) in [6.45, 7) is 7.56. The second-order valence-corrected chi connectivity index (χ2v) is 18.8. The third kappa shape index (κ3) is 8.29. The first-order valence-electron chi connectivity index (χ1n) is 24.4. The molecule has 0 aliphatic carbocycles. The van der Waals surface area contributed by atoms with Crippen LogP contribution in [0.25, 0.3) is 43.1 Å². The molecule has 354 valence electrons. The van der Waals surface area contributed by atoms with Gasteiger partial charge in [-0.1, -0.05) is 170 Å². The van der Waals surface area contributed by atoms with Crippen LogP contribution in [0.5, 0.6) is 0 Å². The molecule has 0 spiro atoms. The smallest absolute Gasteiger partial charge is 0.256 e. The Morgan fingerprint density at radius 2 is 0.634 bits per heavy atom. The number of carbonyl (C=O) groups is 4. The molecule has 1 saturated heterocycles. The van der Waals surface area contributed by atoms with E-state index in [9.17, 15) is 0 Å². The Morgan fingerprint density at radius 1 is 0.380 bits per heavy atom. The van der Waals surface area contributed by atoms with Crippen molar-refractivity contribution in [3.8, 4) is 0 Å². The standard InChI is InChI=1S/C61H56N6O4/c1-39(48-29-13-21-43-17-5-9-25-52(43)48)63-56(68)60(57(69)64-40(2)49-30-14-22-44-18-6-10-26-53(44)49)35-36-61(67(60)47-33-37-62-38-34-47,58(70)65-41(3)50-31-15-23-45-19-7-11-27-54(45)50)59(71)66-42(4)51-32-16-24-46-20-8-12-28-55(46)51/h5-34,37-42H,35-36H2,1-4H3,(H,63,68)(H,64,69)(H,65,70)(H,66,71)/t39-,40-,41-,42-/m1/s1. The minimum atomic E-state index is -2.18. The van der Waals surface area contributed by atoms with E-state index < -0.39 is 58.9 Å². The second-order valence-electron chi connectivity index (χ2n) is 18.8. The van der Waals surface area contributed by atoms with Crippen molar-refractivity contribution in [2.24, 2.45) is 0 Å². The lowest BCUT2D eigenvalue weighted by Gasteiger charge is -2.46. The van der Waals surface area contributed by atoms with Gasteiger partial charge in [-0.25, -0.2) is 0 Å². The molecule has 1 aromatic heterocycles. The van der Waals surface area contributed by atoms with Crippen LogP contribution in [0.2, 0.25) is 0 Å². The summed E-state index contributed by atoms with van der Waals surface area (Å²) in [5.41, 5.74) is -0.686. The minimum Gasteiger partial charge on any atom is -0.347 e. The first-order chi connectivity index (χ1) is 34.5. The molecule has 0 radical (unpaired) electrons. The van der Waals surface area contributed by atoms with Gasteiger partial charge in [0.2, 0.25) is 0 Å². The molecule has 4 atom stereocenters. The largest absolute Gasteiger partial charge is 0.347 e. The van der Waals surface area contributed by atoms with Crippen LogP contribution in [-0.4, -0.2) is 39.7 Å². The van der Waals surface area contributed by atoms with Gasteiger partial charge in [0.1, 0.15) is 0 Å². The number of amides is 4. The minimum absolute atomic E-state index is 0.205. The fourth-order valence-electron chi connectivity index (χ4n) is 11.0. The van der Waals surface area contributed by atoms with E-state index in [0.29, 0.717) is 5.69 Å². The molecule has 4 N–H and O–H groups in total. The molecule has 10 heteroatoms. The van der Waals surface area contributed by atoms with Crippen LogP contribution in [0.1, 0.15) is 87.0 Å². The Labute approximate surface area is 413 Å². The van der Waals surface area contributed by atoms with Gasteiger partial charge in [0.05, 0.1) is 24.2 Å². The molecule has 0 unspecified atom stereocenters. The zero-order valence-electron chi connectivity index (χ0n) is 40.2. The predicted octanol–water partition coefficient (Wildman–Crippen LogP) is 11.3. The Balaban J connectivity index is 1.14. The predicted molar refractivity (Wildman–Crippen MR) is 283 cm³/mol. The van der Waals surface area contributed by atoms with E-state index in [1.54, 1.807) is 24.5 Å². The van der Waals surface area contributed by atoms with Crippen molar-refractivity contribution in [2.75, 3.05) is 4.90 Å².